The molecule has 3 rings (SSSR count). The van der Waals surface area contributed by atoms with Crippen molar-refractivity contribution in [1.29, 1.82) is 0 Å². The summed E-state index contributed by atoms with van der Waals surface area (Å²) in [5, 5.41) is 12.5. The second kappa shape index (κ2) is 4.74. The number of hydrogen-bond acceptors (Lipinski definition) is 2. The van der Waals surface area contributed by atoms with Crippen LogP contribution in [-0.2, 0) is 9.59 Å². The molecule has 0 saturated heterocycles. The highest BCUT2D eigenvalue weighted by Crippen LogP contribution is 2.65. The van der Waals surface area contributed by atoms with Crippen LogP contribution in [0, 0.1) is 29.1 Å². The number of carbonyl (C=O) groups is 2. The van der Waals surface area contributed by atoms with E-state index in [0.29, 0.717) is 30.7 Å². The van der Waals surface area contributed by atoms with Gasteiger partial charge in [0.15, 0.2) is 0 Å². The van der Waals surface area contributed by atoms with Crippen molar-refractivity contribution < 1.29 is 14.7 Å². The fourth-order valence-electron chi connectivity index (χ4n) is 4.94. The summed E-state index contributed by atoms with van der Waals surface area (Å²) in [5.74, 6) is 2.18. The minimum atomic E-state index is -0.882. The molecule has 3 saturated carbocycles. The van der Waals surface area contributed by atoms with Crippen LogP contribution >= 0.6 is 0 Å². The van der Waals surface area contributed by atoms with E-state index in [1.807, 2.05) is 13.8 Å². The normalized spacial score (nSPS) is 37.6. The fraction of sp³-hybridized carbons (Fsp3) is 0.875. The number of nitrogens with one attached hydrogen (secondary N) is 1. The lowest BCUT2D eigenvalue weighted by Crippen LogP contribution is -2.38. The Kier molecular flexibility index (Phi) is 3.30. The zero-order valence-corrected chi connectivity index (χ0v) is 12.4. The van der Waals surface area contributed by atoms with Gasteiger partial charge in [-0.2, -0.15) is 0 Å². The maximum Gasteiger partial charge on any atom is 0.310 e. The first-order valence-corrected chi connectivity index (χ1v) is 8.05. The van der Waals surface area contributed by atoms with Gasteiger partial charge in [-0.1, -0.05) is 13.8 Å². The molecule has 4 atom stereocenters. The van der Waals surface area contributed by atoms with Crippen molar-refractivity contribution in [3.8, 4) is 0 Å². The highest BCUT2D eigenvalue weighted by atomic mass is 16.4. The molecule has 4 unspecified atom stereocenters. The summed E-state index contributed by atoms with van der Waals surface area (Å²) in [6.45, 7) is 3.72. The minimum absolute atomic E-state index is 0.0603. The SMILES string of the molecule is CCC(CC)(CC(=O)NC1C2C3CCC(C3)C12)C(=O)O. The lowest BCUT2D eigenvalue weighted by molar-refractivity contribution is -0.152. The summed E-state index contributed by atoms with van der Waals surface area (Å²) in [5.41, 5.74) is -0.882. The molecule has 0 spiro atoms. The van der Waals surface area contributed by atoms with Crippen LogP contribution in [0.15, 0.2) is 0 Å². The largest absolute Gasteiger partial charge is 0.481 e. The topological polar surface area (TPSA) is 66.4 Å². The predicted molar refractivity (Wildman–Crippen MR) is 75.0 cm³/mol. The van der Waals surface area contributed by atoms with Crippen molar-refractivity contribution in [2.75, 3.05) is 0 Å². The Morgan fingerprint density at radius 2 is 1.70 bits per heavy atom. The molecule has 0 heterocycles. The number of carbonyl (C=O) groups excluding carboxylic acids is 1. The van der Waals surface area contributed by atoms with Crippen LogP contribution in [0.25, 0.3) is 0 Å². The van der Waals surface area contributed by atoms with E-state index in [2.05, 4.69) is 5.32 Å². The average molecular weight is 279 g/mol. The number of fused-ring (bicyclic) bond motifs is 5. The van der Waals surface area contributed by atoms with E-state index in [1.165, 1.54) is 19.3 Å². The van der Waals surface area contributed by atoms with E-state index < -0.39 is 11.4 Å². The summed E-state index contributed by atoms with van der Waals surface area (Å²) in [7, 11) is 0. The van der Waals surface area contributed by atoms with E-state index >= 15 is 0 Å². The Morgan fingerprint density at radius 3 is 2.15 bits per heavy atom. The predicted octanol–water partition coefficient (Wildman–Crippen LogP) is 2.43. The van der Waals surface area contributed by atoms with Gasteiger partial charge in [0.25, 0.3) is 0 Å². The van der Waals surface area contributed by atoms with E-state index in [-0.39, 0.29) is 12.3 Å². The monoisotopic (exact) mass is 279 g/mol. The molecule has 0 aliphatic heterocycles. The van der Waals surface area contributed by atoms with E-state index in [9.17, 15) is 14.7 Å². The van der Waals surface area contributed by atoms with Gasteiger partial charge in [0.05, 0.1) is 5.41 Å². The van der Waals surface area contributed by atoms with Crippen molar-refractivity contribution in [1.82, 2.24) is 5.32 Å². The molecule has 3 aliphatic rings. The van der Waals surface area contributed by atoms with Gasteiger partial charge in [0.2, 0.25) is 5.91 Å². The molecular weight excluding hydrogens is 254 g/mol. The quantitative estimate of drug-likeness (QED) is 0.784. The van der Waals surface area contributed by atoms with Gasteiger partial charge in [-0.3, -0.25) is 9.59 Å². The van der Waals surface area contributed by atoms with Crippen LogP contribution in [0.3, 0.4) is 0 Å². The van der Waals surface area contributed by atoms with Crippen LogP contribution < -0.4 is 5.32 Å². The Morgan fingerprint density at radius 1 is 1.15 bits per heavy atom. The second-order valence-electron chi connectivity index (χ2n) is 7.05. The molecule has 0 aromatic heterocycles. The Balaban J connectivity index is 1.57. The third-order valence-corrected chi connectivity index (χ3v) is 6.37. The van der Waals surface area contributed by atoms with Gasteiger partial charge < -0.3 is 10.4 Å². The molecule has 112 valence electrons. The van der Waals surface area contributed by atoms with Crippen molar-refractivity contribution in [3.05, 3.63) is 0 Å². The van der Waals surface area contributed by atoms with Crippen LogP contribution in [0.1, 0.15) is 52.4 Å². The summed E-state index contributed by atoms with van der Waals surface area (Å²) < 4.78 is 0. The number of hydrogen-bond donors (Lipinski definition) is 2. The summed E-state index contributed by atoms with van der Waals surface area (Å²) in [6.07, 6.45) is 5.18. The fourth-order valence-corrected chi connectivity index (χ4v) is 4.94. The third kappa shape index (κ3) is 1.95. The molecule has 0 aromatic carbocycles. The second-order valence-corrected chi connectivity index (χ2v) is 7.05. The minimum Gasteiger partial charge on any atom is -0.481 e. The zero-order valence-electron chi connectivity index (χ0n) is 12.4. The molecule has 1 amide bonds. The van der Waals surface area contributed by atoms with Crippen molar-refractivity contribution in [2.45, 2.75) is 58.4 Å². The first-order valence-electron chi connectivity index (χ1n) is 8.05. The van der Waals surface area contributed by atoms with Gasteiger partial charge in [-0.15, -0.1) is 0 Å². The van der Waals surface area contributed by atoms with Gasteiger partial charge in [-0.05, 0) is 55.8 Å². The molecule has 3 aliphatic carbocycles. The number of carboxylic acids is 1. The first-order chi connectivity index (χ1) is 9.52. The van der Waals surface area contributed by atoms with E-state index in [4.69, 9.17) is 0 Å². The molecule has 20 heavy (non-hydrogen) atoms. The Hall–Kier alpha value is -1.06. The van der Waals surface area contributed by atoms with E-state index in [1.54, 1.807) is 0 Å². The van der Waals surface area contributed by atoms with Gasteiger partial charge in [0.1, 0.15) is 0 Å². The third-order valence-electron chi connectivity index (χ3n) is 6.37. The highest BCUT2D eigenvalue weighted by Gasteiger charge is 2.65. The molecule has 3 fully saturated rings. The number of aliphatic carboxylic acids is 1. The molecule has 2 N–H and O–H groups in total. The van der Waals surface area contributed by atoms with Crippen LogP contribution in [-0.4, -0.2) is 23.0 Å². The lowest BCUT2D eigenvalue weighted by Gasteiger charge is -2.26. The maximum absolute atomic E-state index is 12.2. The van der Waals surface area contributed by atoms with Crippen LogP contribution in [0.2, 0.25) is 0 Å². The average Bonchev–Trinajstić information content (AvgIpc) is 2.83. The standard InChI is InChI=1S/C16H25NO3/c1-3-16(4-2,15(19)20)8-11(18)17-14-12-9-5-6-10(7-9)13(12)14/h9-10,12-14H,3-8H2,1-2H3,(H,17,18)(H,19,20). The zero-order chi connectivity index (χ0) is 14.5. The summed E-state index contributed by atoms with van der Waals surface area (Å²) in [4.78, 5) is 23.7. The molecule has 0 radical (unpaired) electrons. The Bertz CT molecular complexity index is 413. The van der Waals surface area contributed by atoms with Gasteiger partial charge in [-0.25, -0.2) is 0 Å². The number of amides is 1. The van der Waals surface area contributed by atoms with E-state index in [0.717, 1.165) is 11.8 Å². The first kappa shape index (κ1) is 13.9. The molecule has 4 heteroatoms. The smallest absolute Gasteiger partial charge is 0.310 e. The summed E-state index contributed by atoms with van der Waals surface area (Å²) in [6, 6.07) is 0.356. The molecule has 2 bridgehead atoms. The van der Waals surface area contributed by atoms with Crippen LogP contribution in [0.4, 0.5) is 0 Å². The maximum atomic E-state index is 12.2. The number of carboxylic acid groups (broad SMARTS) is 1. The summed E-state index contributed by atoms with van der Waals surface area (Å²) >= 11 is 0. The molecular formula is C16H25NO3. The van der Waals surface area contributed by atoms with Crippen molar-refractivity contribution >= 4 is 11.9 Å². The van der Waals surface area contributed by atoms with Crippen molar-refractivity contribution in [2.24, 2.45) is 29.1 Å². The lowest BCUT2D eigenvalue weighted by atomic mass is 9.79. The van der Waals surface area contributed by atoms with Crippen LogP contribution in [0.5, 0.6) is 0 Å². The Labute approximate surface area is 120 Å². The van der Waals surface area contributed by atoms with Gasteiger partial charge in [0, 0.05) is 12.5 Å². The van der Waals surface area contributed by atoms with Gasteiger partial charge >= 0.3 is 5.97 Å². The highest BCUT2D eigenvalue weighted by molar-refractivity contribution is 5.85. The van der Waals surface area contributed by atoms with Crippen molar-refractivity contribution in [3.63, 3.8) is 0 Å². The molecule has 4 nitrogen and oxygen atoms in total. The molecule has 0 aromatic rings. The number of rotatable bonds is 6.